The van der Waals surface area contributed by atoms with Crippen molar-refractivity contribution in [3.63, 3.8) is 0 Å². The van der Waals surface area contributed by atoms with Crippen LogP contribution in [0.15, 0.2) is 30.3 Å². The maximum Gasteiger partial charge on any atom is 0.130 e. The number of para-hydroxylation sites is 1. The number of aromatic amines is 1. The van der Waals surface area contributed by atoms with E-state index in [-0.39, 0.29) is 0 Å². The maximum absolute atomic E-state index is 5.37. The molecule has 3 nitrogen and oxygen atoms in total. The lowest BCUT2D eigenvalue weighted by atomic mass is 10.1. The zero-order valence-corrected chi connectivity index (χ0v) is 11.4. The van der Waals surface area contributed by atoms with Crippen LogP contribution in [-0.4, -0.2) is 17.1 Å². The Morgan fingerprint density at radius 2 is 2.11 bits per heavy atom. The Bertz CT molecular complexity index is 592. The van der Waals surface area contributed by atoms with Crippen LogP contribution >= 0.6 is 12.2 Å². The maximum atomic E-state index is 5.37. The fourth-order valence-electron chi connectivity index (χ4n) is 1.88. The lowest BCUT2D eigenvalue weighted by molar-refractivity contribution is 0.416. The van der Waals surface area contributed by atoms with Gasteiger partial charge in [0.15, 0.2) is 0 Å². The molecule has 1 aromatic carbocycles. The molecule has 1 aromatic heterocycles. The highest BCUT2D eigenvalue weighted by atomic mass is 32.1. The largest absolute Gasteiger partial charge is 0.496 e. The molecule has 2 rings (SSSR count). The van der Waals surface area contributed by atoms with Gasteiger partial charge in [-0.15, -0.1) is 0 Å². The van der Waals surface area contributed by atoms with E-state index in [4.69, 9.17) is 17.0 Å². The number of aromatic nitrogens is 2. The minimum atomic E-state index is 0.609. The second-order valence-electron chi connectivity index (χ2n) is 4.03. The second kappa shape index (κ2) is 5.78. The summed E-state index contributed by atoms with van der Waals surface area (Å²) in [6.07, 6.45) is 1.93. The summed E-state index contributed by atoms with van der Waals surface area (Å²) >= 11 is 5.21. The minimum absolute atomic E-state index is 0.609. The van der Waals surface area contributed by atoms with E-state index in [0.29, 0.717) is 4.64 Å². The average Bonchev–Trinajstić information content (AvgIpc) is 2.38. The number of rotatable bonds is 4. The molecule has 0 saturated carbocycles. The number of hydrogen-bond acceptors (Lipinski definition) is 3. The molecule has 1 N–H and O–H groups in total. The molecule has 2 aromatic rings. The molecule has 18 heavy (non-hydrogen) atoms. The number of nitrogens with one attached hydrogen (secondary N) is 1. The predicted octanol–water partition coefficient (Wildman–Crippen LogP) is 3.77. The van der Waals surface area contributed by atoms with Crippen molar-refractivity contribution in [3.8, 4) is 17.0 Å². The SMILES string of the molecule is CCCc1nc(=S)cc(-c2ccccc2OC)[nH]1. The highest BCUT2D eigenvalue weighted by molar-refractivity contribution is 7.71. The first-order valence-corrected chi connectivity index (χ1v) is 6.39. The van der Waals surface area contributed by atoms with Crippen LogP contribution < -0.4 is 4.74 Å². The van der Waals surface area contributed by atoms with Crippen LogP contribution in [0.4, 0.5) is 0 Å². The van der Waals surface area contributed by atoms with E-state index in [0.717, 1.165) is 35.7 Å². The number of ether oxygens (including phenoxy) is 1. The van der Waals surface area contributed by atoms with Crippen molar-refractivity contribution < 1.29 is 4.74 Å². The molecule has 1 heterocycles. The van der Waals surface area contributed by atoms with Gasteiger partial charge in [-0.05, 0) is 24.6 Å². The van der Waals surface area contributed by atoms with Gasteiger partial charge in [-0.25, -0.2) is 4.98 Å². The van der Waals surface area contributed by atoms with E-state index in [2.05, 4.69) is 16.9 Å². The Hall–Kier alpha value is -1.68. The van der Waals surface area contributed by atoms with Gasteiger partial charge in [0.05, 0.1) is 12.8 Å². The van der Waals surface area contributed by atoms with Crippen molar-refractivity contribution in [3.05, 3.63) is 40.8 Å². The highest BCUT2D eigenvalue weighted by Crippen LogP contribution is 2.27. The fraction of sp³-hybridized carbons (Fsp3) is 0.286. The van der Waals surface area contributed by atoms with Gasteiger partial charge in [0, 0.05) is 12.0 Å². The summed E-state index contributed by atoms with van der Waals surface area (Å²) in [6, 6.07) is 9.74. The Morgan fingerprint density at radius 3 is 2.83 bits per heavy atom. The number of methoxy groups -OCH3 is 1. The summed E-state index contributed by atoms with van der Waals surface area (Å²) in [7, 11) is 1.67. The molecule has 0 aliphatic carbocycles. The van der Waals surface area contributed by atoms with Gasteiger partial charge in [0.1, 0.15) is 16.2 Å². The minimum Gasteiger partial charge on any atom is -0.496 e. The Labute approximate surface area is 112 Å². The fourth-order valence-corrected chi connectivity index (χ4v) is 2.10. The Morgan fingerprint density at radius 1 is 1.33 bits per heavy atom. The van der Waals surface area contributed by atoms with Gasteiger partial charge in [-0.2, -0.15) is 0 Å². The van der Waals surface area contributed by atoms with E-state index in [9.17, 15) is 0 Å². The van der Waals surface area contributed by atoms with Gasteiger partial charge < -0.3 is 9.72 Å². The quantitative estimate of drug-likeness (QED) is 0.850. The molecule has 0 bridgehead atoms. The molecule has 94 valence electrons. The van der Waals surface area contributed by atoms with Crippen molar-refractivity contribution in [1.29, 1.82) is 0 Å². The second-order valence-corrected chi connectivity index (χ2v) is 4.45. The van der Waals surface area contributed by atoms with Gasteiger partial charge >= 0.3 is 0 Å². The third-order valence-corrected chi connectivity index (χ3v) is 2.89. The van der Waals surface area contributed by atoms with Crippen LogP contribution in [0.25, 0.3) is 11.3 Å². The summed E-state index contributed by atoms with van der Waals surface area (Å²) in [5.41, 5.74) is 1.96. The molecule has 0 unspecified atom stereocenters. The average molecular weight is 260 g/mol. The van der Waals surface area contributed by atoms with Crippen molar-refractivity contribution >= 4 is 12.2 Å². The first-order valence-electron chi connectivity index (χ1n) is 5.98. The summed E-state index contributed by atoms with van der Waals surface area (Å²) in [4.78, 5) is 7.64. The standard InChI is InChI=1S/C14H16N2OS/c1-3-6-13-15-11(9-14(18)16-13)10-7-4-5-8-12(10)17-2/h4-5,7-9H,3,6H2,1-2H3,(H,15,16,18). The first kappa shape index (κ1) is 12.8. The summed E-state index contributed by atoms with van der Waals surface area (Å²) in [5, 5.41) is 0. The number of H-pyrrole nitrogens is 1. The number of hydrogen-bond donors (Lipinski definition) is 1. The van der Waals surface area contributed by atoms with Crippen LogP contribution in [0, 0.1) is 4.64 Å². The van der Waals surface area contributed by atoms with E-state index in [1.54, 1.807) is 7.11 Å². The molecule has 0 saturated heterocycles. The molecule has 0 radical (unpaired) electrons. The molecule has 0 aliphatic heterocycles. The number of nitrogens with zero attached hydrogens (tertiary/aromatic N) is 1. The zero-order chi connectivity index (χ0) is 13.0. The lowest BCUT2D eigenvalue weighted by Crippen LogP contribution is -1.98. The van der Waals surface area contributed by atoms with Gasteiger partial charge in [0.25, 0.3) is 0 Å². The van der Waals surface area contributed by atoms with Gasteiger partial charge in [-0.1, -0.05) is 31.3 Å². The Balaban J connectivity index is 2.53. The van der Waals surface area contributed by atoms with Crippen LogP contribution in [0.5, 0.6) is 5.75 Å². The molecular formula is C14H16N2OS. The summed E-state index contributed by atoms with van der Waals surface area (Å²) in [5.74, 6) is 1.75. The Kier molecular flexibility index (Phi) is 4.10. The van der Waals surface area contributed by atoms with Crippen LogP contribution in [0.3, 0.4) is 0 Å². The van der Waals surface area contributed by atoms with E-state index >= 15 is 0 Å². The molecule has 0 spiro atoms. The van der Waals surface area contributed by atoms with E-state index in [1.807, 2.05) is 30.3 Å². The van der Waals surface area contributed by atoms with Crippen LogP contribution in [-0.2, 0) is 6.42 Å². The zero-order valence-electron chi connectivity index (χ0n) is 10.6. The summed E-state index contributed by atoms with van der Waals surface area (Å²) in [6.45, 7) is 2.12. The van der Waals surface area contributed by atoms with Crippen molar-refractivity contribution in [1.82, 2.24) is 9.97 Å². The van der Waals surface area contributed by atoms with E-state index < -0.39 is 0 Å². The molecule has 4 heteroatoms. The third kappa shape index (κ3) is 2.76. The molecular weight excluding hydrogens is 244 g/mol. The molecule has 0 atom stereocenters. The van der Waals surface area contributed by atoms with E-state index in [1.165, 1.54) is 0 Å². The van der Waals surface area contributed by atoms with Crippen molar-refractivity contribution in [2.45, 2.75) is 19.8 Å². The van der Waals surface area contributed by atoms with Crippen molar-refractivity contribution in [2.75, 3.05) is 7.11 Å². The predicted molar refractivity (Wildman–Crippen MR) is 75.4 cm³/mol. The number of aryl methyl sites for hydroxylation is 1. The molecule has 0 fully saturated rings. The third-order valence-electron chi connectivity index (χ3n) is 2.68. The van der Waals surface area contributed by atoms with Gasteiger partial charge in [-0.3, -0.25) is 0 Å². The normalized spacial score (nSPS) is 10.3. The van der Waals surface area contributed by atoms with Crippen LogP contribution in [0.1, 0.15) is 19.2 Å². The molecule has 0 aliphatic rings. The molecule has 0 amide bonds. The van der Waals surface area contributed by atoms with Crippen LogP contribution in [0.2, 0.25) is 0 Å². The summed E-state index contributed by atoms with van der Waals surface area (Å²) < 4.78 is 5.97. The van der Waals surface area contributed by atoms with Gasteiger partial charge in [0.2, 0.25) is 0 Å². The smallest absolute Gasteiger partial charge is 0.130 e. The topological polar surface area (TPSA) is 37.9 Å². The van der Waals surface area contributed by atoms with Crippen molar-refractivity contribution in [2.24, 2.45) is 0 Å². The highest BCUT2D eigenvalue weighted by Gasteiger charge is 2.06. The lowest BCUT2D eigenvalue weighted by Gasteiger charge is -2.09. The first-order chi connectivity index (χ1) is 8.74. The number of benzene rings is 1. The monoisotopic (exact) mass is 260 g/mol.